The summed E-state index contributed by atoms with van der Waals surface area (Å²) >= 11 is 5.92. The summed E-state index contributed by atoms with van der Waals surface area (Å²) in [5, 5.41) is 3.72. The van der Waals surface area contributed by atoms with Crippen LogP contribution in [-0.2, 0) is 0 Å². The van der Waals surface area contributed by atoms with Crippen LogP contribution in [0.2, 0.25) is 5.02 Å². The summed E-state index contributed by atoms with van der Waals surface area (Å²) in [7, 11) is 0. The number of benzene rings is 1. The molecule has 18 heavy (non-hydrogen) atoms. The Balaban J connectivity index is 2.90. The molecule has 0 bridgehead atoms. The Kier molecular flexibility index (Phi) is 4.99. The minimum atomic E-state index is -0.482. The van der Waals surface area contributed by atoms with Crippen molar-refractivity contribution >= 4 is 23.2 Å². The molecule has 100 valence electrons. The fourth-order valence-electron chi connectivity index (χ4n) is 1.65. The van der Waals surface area contributed by atoms with Gasteiger partial charge in [0.05, 0.1) is 5.56 Å². The summed E-state index contributed by atoms with van der Waals surface area (Å²) in [6.07, 6.45) is 1.70. The summed E-state index contributed by atoms with van der Waals surface area (Å²) in [6.45, 7) is 4.65. The third-order valence-corrected chi connectivity index (χ3v) is 3.52. The van der Waals surface area contributed by atoms with E-state index in [1.54, 1.807) is 18.2 Å². The maximum atomic E-state index is 11.3. The summed E-state index contributed by atoms with van der Waals surface area (Å²) in [6, 6.07) is 4.94. The second-order valence-electron chi connectivity index (χ2n) is 4.48. The predicted molar refractivity (Wildman–Crippen MR) is 76.0 cm³/mol. The molecule has 0 aromatic heterocycles. The molecule has 0 fully saturated rings. The van der Waals surface area contributed by atoms with Crippen LogP contribution in [0, 0.1) is 0 Å². The Labute approximate surface area is 113 Å². The van der Waals surface area contributed by atoms with Crippen LogP contribution >= 0.6 is 11.6 Å². The largest absolute Gasteiger partial charge is 0.383 e. The van der Waals surface area contributed by atoms with Crippen molar-refractivity contribution in [2.75, 3.05) is 11.9 Å². The van der Waals surface area contributed by atoms with Crippen molar-refractivity contribution in [3.05, 3.63) is 28.8 Å². The van der Waals surface area contributed by atoms with Gasteiger partial charge in [-0.1, -0.05) is 25.4 Å². The lowest BCUT2D eigenvalue weighted by molar-refractivity contribution is 0.100. The van der Waals surface area contributed by atoms with E-state index in [2.05, 4.69) is 5.32 Å². The first-order chi connectivity index (χ1) is 8.41. The predicted octanol–water partition coefficient (Wildman–Crippen LogP) is 2.37. The molecule has 0 aliphatic carbocycles. The Morgan fingerprint density at radius 1 is 1.39 bits per heavy atom. The number of hydrogen-bond donors (Lipinski definition) is 3. The minimum Gasteiger partial charge on any atom is -0.383 e. The first kappa shape index (κ1) is 14.8. The van der Waals surface area contributed by atoms with Gasteiger partial charge in [-0.15, -0.1) is 0 Å². The molecule has 1 aromatic rings. The molecule has 0 atom stereocenters. The van der Waals surface area contributed by atoms with E-state index in [0.717, 1.165) is 12.8 Å². The zero-order valence-corrected chi connectivity index (χ0v) is 11.6. The number of anilines is 1. The van der Waals surface area contributed by atoms with Gasteiger partial charge in [0.15, 0.2) is 0 Å². The van der Waals surface area contributed by atoms with E-state index in [4.69, 9.17) is 23.1 Å². The van der Waals surface area contributed by atoms with Gasteiger partial charge in [-0.25, -0.2) is 0 Å². The average molecular weight is 270 g/mol. The van der Waals surface area contributed by atoms with Crippen LogP contribution in [0.25, 0.3) is 0 Å². The molecule has 0 saturated carbocycles. The Bertz CT molecular complexity index is 430. The van der Waals surface area contributed by atoms with Crippen molar-refractivity contribution in [3.63, 3.8) is 0 Å². The van der Waals surface area contributed by atoms with Crippen molar-refractivity contribution in [2.45, 2.75) is 32.2 Å². The first-order valence-electron chi connectivity index (χ1n) is 6.04. The average Bonchev–Trinajstić information content (AvgIpc) is 2.35. The smallest absolute Gasteiger partial charge is 0.250 e. The summed E-state index contributed by atoms with van der Waals surface area (Å²) in [5.74, 6) is -0.482. The Morgan fingerprint density at radius 3 is 2.50 bits per heavy atom. The van der Waals surface area contributed by atoms with Crippen molar-refractivity contribution in [2.24, 2.45) is 11.5 Å². The highest BCUT2D eigenvalue weighted by Crippen LogP contribution is 2.22. The number of carbonyl (C=O) groups is 1. The topological polar surface area (TPSA) is 81.1 Å². The van der Waals surface area contributed by atoms with Gasteiger partial charge in [-0.05, 0) is 31.0 Å². The van der Waals surface area contributed by atoms with Crippen molar-refractivity contribution in [3.8, 4) is 0 Å². The lowest BCUT2D eigenvalue weighted by Crippen LogP contribution is -2.45. The second kappa shape index (κ2) is 6.07. The van der Waals surface area contributed by atoms with Gasteiger partial charge >= 0.3 is 0 Å². The van der Waals surface area contributed by atoms with Crippen molar-refractivity contribution in [1.82, 2.24) is 0 Å². The van der Waals surface area contributed by atoms with Gasteiger partial charge in [0.1, 0.15) is 0 Å². The van der Waals surface area contributed by atoms with Crippen LogP contribution in [0.3, 0.4) is 0 Å². The van der Waals surface area contributed by atoms with E-state index in [1.165, 1.54) is 0 Å². The molecular weight excluding hydrogens is 250 g/mol. The van der Waals surface area contributed by atoms with Crippen LogP contribution in [0.15, 0.2) is 18.2 Å². The van der Waals surface area contributed by atoms with E-state index < -0.39 is 5.91 Å². The molecule has 0 aliphatic rings. The lowest BCUT2D eigenvalue weighted by Gasteiger charge is -2.27. The molecule has 5 N–H and O–H groups in total. The third kappa shape index (κ3) is 3.62. The quantitative estimate of drug-likeness (QED) is 0.742. The number of nitrogens with two attached hydrogens (primary N) is 2. The first-order valence-corrected chi connectivity index (χ1v) is 6.41. The highest BCUT2D eigenvalue weighted by Gasteiger charge is 2.20. The van der Waals surface area contributed by atoms with E-state index in [0.29, 0.717) is 22.8 Å². The van der Waals surface area contributed by atoms with Gasteiger partial charge in [0.25, 0.3) is 5.91 Å². The summed E-state index contributed by atoms with van der Waals surface area (Å²) in [4.78, 5) is 11.3. The maximum Gasteiger partial charge on any atom is 0.250 e. The molecule has 0 saturated heterocycles. The van der Waals surface area contributed by atoms with Crippen LogP contribution in [0.1, 0.15) is 37.0 Å². The van der Waals surface area contributed by atoms with Crippen LogP contribution < -0.4 is 16.8 Å². The molecule has 0 heterocycles. The molecule has 0 radical (unpaired) electrons. The molecule has 1 rings (SSSR count). The zero-order chi connectivity index (χ0) is 13.8. The van der Waals surface area contributed by atoms with E-state index in [1.807, 2.05) is 13.8 Å². The van der Waals surface area contributed by atoms with Gasteiger partial charge in [-0.3, -0.25) is 4.79 Å². The summed E-state index contributed by atoms with van der Waals surface area (Å²) < 4.78 is 0. The zero-order valence-electron chi connectivity index (χ0n) is 10.8. The fraction of sp³-hybridized carbons (Fsp3) is 0.462. The van der Waals surface area contributed by atoms with Crippen LogP contribution in [0.4, 0.5) is 5.69 Å². The second-order valence-corrected chi connectivity index (χ2v) is 4.91. The molecule has 5 heteroatoms. The van der Waals surface area contributed by atoms with E-state index in [-0.39, 0.29) is 5.54 Å². The lowest BCUT2D eigenvalue weighted by atomic mass is 9.94. The van der Waals surface area contributed by atoms with Gasteiger partial charge in [-0.2, -0.15) is 0 Å². The minimum absolute atomic E-state index is 0.294. The SMILES string of the molecule is CCC(N)(CC)CNc1cc(Cl)ccc1C(N)=O. The van der Waals surface area contributed by atoms with Crippen molar-refractivity contribution < 1.29 is 4.79 Å². The summed E-state index contributed by atoms with van der Waals surface area (Å²) in [5.41, 5.74) is 12.3. The molecule has 0 spiro atoms. The molecule has 0 aliphatic heterocycles. The van der Waals surface area contributed by atoms with Gasteiger partial charge in [0.2, 0.25) is 0 Å². The third-order valence-electron chi connectivity index (χ3n) is 3.29. The molecule has 0 unspecified atom stereocenters. The Morgan fingerprint density at radius 2 is 2.00 bits per heavy atom. The fourth-order valence-corrected chi connectivity index (χ4v) is 1.82. The van der Waals surface area contributed by atoms with Crippen LogP contribution in [0.5, 0.6) is 0 Å². The normalized spacial score (nSPS) is 11.3. The number of hydrogen-bond acceptors (Lipinski definition) is 3. The number of primary amides is 1. The number of rotatable bonds is 6. The number of halogens is 1. The molecule has 4 nitrogen and oxygen atoms in total. The van der Waals surface area contributed by atoms with Gasteiger partial charge in [0, 0.05) is 22.8 Å². The molecule has 1 amide bonds. The maximum absolute atomic E-state index is 11.3. The van der Waals surface area contributed by atoms with E-state index in [9.17, 15) is 4.79 Å². The van der Waals surface area contributed by atoms with Crippen molar-refractivity contribution in [1.29, 1.82) is 0 Å². The number of amides is 1. The highest BCUT2D eigenvalue weighted by molar-refractivity contribution is 6.31. The van der Waals surface area contributed by atoms with Gasteiger partial charge < -0.3 is 16.8 Å². The van der Waals surface area contributed by atoms with Crippen LogP contribution in [-0.4, -0.2) is 18.0 Å². The Hall–Kier alpha value is -1.26. The highest BCUT2D eigenvalue weighted by atomic mass is 35.5. The monoisotopic (exact) mass is 269 g/mol. The standard InChI is InChI=1S/C13H20ClN3O/c1-3-13(16,4-2)8-17-11-7-9(14)5-6-10(11)12(15)18/h5-7,17H,3-4,8,16H2,1-2H3,(H2,15,18). The molecule has 1 aromatic carbocycles. The number of carbonyl (C=O) groups excluding carboxylic acids is 1. The molecular formula is C13H20ClN3O. The number of nitrogens with one attached hydrogen (secondary N) is 1. The van der Waals surface area contributed by atoms with E-state index >= 15 is 0 Å².